The van der Waals surface area contributed by atoms with Crippen LogP contribution in [0.4, 0.5) is 0 Å². The van der Waals surface area contributed by atoms with Gasteiger partial charge in [-0.05, 0) is 40.4 Å². The molecule has 0 bridgehead atoms. The van der Waals surface area contributed by atoms with Crippen molar-refractivity contribution in [1.82, 2.24) is 0 Å². The van der Waals surface area contributed by atoms with E-state index >= 15 is 0 Å². The predicted octanol–water partition coefficient (Wildman–Crippen LogP) is 2.41. The summed E-state index contributed by atoms with van der Waals surface area (Å²) in [4.78, 5) is 11.8. The summed E-state index contributed by atoms with van der Waals surface area (Å²) in [5, 5.41) is 0. The number of thiophene rings is 1. The molecular formula is C10H15BrN2OS. The summed E-state index contributed by atoms with van der Waals surface area (Å²) < 4.78 is 1.08. The summed E-state index contributed by atoms with van der Waals surface area (Å²) in [5.74, 6) is -0.0274. The van der Waals surface area contributed by atoms with Gasteiger partial charge in [0.05, 0.1) is 3.79 Å². The Morgan fingerprint density at radius 2 is 2.27 bits per heavy atom. The quantitative estimate of drug-likeness (QED) is 0.874. The summed E-state index contributed by atoms with van der Waals surface area (Å²) >= 11 is 5.03. The predicted molar refractivity (Wildman–Crippen MR) is 66.5 cm³/mol. The molecule has 0 aliphatic carbocycles. The van der Waals surface area contributed by atoms with Crippen LogP contribution in [0.3, 0.4) is 0 Å². The molecule has 0 radical (unpaired) electrons. The van der Waals surface area contributed by atoms with E-state index < -0.39 is 0 Å². The molecule has 1 aromatic rings. The molecule has 4 N–H and O–H groups in total. The summed E-state index contributed by atoms with van der Waals surface area (Å²) in [7, 11) is 0. The van der Waals surface area contributed by atoms with Gasteiger partial charge in [-0.1, -0.05) is 6.92 Å². The van der Waals surface area contributed by atoms with Crippen LogP contribution in [0, 0.1) is 5.92 Å². The Bertz CT molecular complexity index is 340. The van der Waals surface area contributed by atoms with E-state index in [2.05, 4.69) is 15.9 Å². The lowest BCUT2D eigenvalue weighted by molar-refractivity contribution is -0.118. The van der Waals surface area contributed by atoms with Gasteiger partial charge in [0.2, 0.25) is 5.91 Å². The van der Waals surface area contributed by atoms with Crippen molar-refractivity contribution in [2.24, 2.45) is 17.4 Å². The molecule has 0 saturated heterocycles. The molecule has 0 aromatic carbocycles. The first kappa shape index (κ1) is 12.7. The molecule has 0 saturated carbocycles. The van der Waals surface area contributed by atoms with Gasteiger partial charge < -0.3 is 11.5 Å². The van der Waals surface area contributed by atoms with E-state index in [1.165, 1.54) is 0 Å². The number of hydrogen-bond acceptors (Lipinski definition) is 3. The smallest absolute Gasteiger partial charge is 0.217 e. The number of hydrogen-bond donors (Lipinski definition) is 2. The third-order valence-corrected chi connectivity index (χ3v) is 3.92. The van der Waals surface area contributed by atoms with Gasteiger partial charge in [0.1, 0.15) is 0 Å². The summed E-state index contributed by atoms with van der Waals surface area (Å²) in [6.45, 7) is 1.99. The van der Waals surface area contributed by atoms with Crippen molar-refractivity contribution in [2.75, 3.05) is 0 Å². The zero-order chi connectivity index (χ0) is 11.4. The highest BCUT2D eigenvalue weighted by molar-refractivity contribution is 9.11. The van der Waals surface area contributed by atoms with Crippen molar-refractivity contribution in [2.45, 2.75) is 25.8 Å². The Balaban J connectivity index is 2.48. The molecule has 15 heavy (non-hydrogen) atoms. The standard InChI is InChI=1S/C10H15BrN2OS/c1-6(5-10(13)14)4-7(12)8-2-3-9(11)15-8/h2-3,6-7H,4-5,12H2,1H3,(H2,13,14). The summed E-state index contributed by atoms with van der Waals surface area (Å²) in [6, 6.07) is 3.99. The fraction of sp³-hybridized carbons (Fsp3) is 0.500. The highest BCUT2D eigenvalue weighted by Crippen LogP contribution is 2.29. The SMILES string of the molecule is CC(CC(N)=O)CC(N)c1ccc(Br)s1. The zero-order valence-electron chi connectivity index (χ0n) is 8.57. The van der Waals surface area contributed by atoms with Crippen LogP contribution in [0.15, 0.2) is 15.9 Å². The highest BCUT2D eigenvalue weighted by atomic mass is 79.9. The Morgan fingerprint density at radius 3 is 2.73 bits per heavy atom. The van der Waals surface area contributed by atoms with Crippen LogP contribution in [0.25, 0.3) is 0 Å². The van der Waals surface area contributed by atoms with Crippen molar-refractivity contribution in [1.29, 1.82) is 0 Å². The second-order valence-corrected chi connectivity index (χ2v) is 6.25. The minimum atomic E-state index is -0.262. The Labute approximate surface area is 102 Å². The lowest BCUT2D eigenvalue weighted by Gasteiger charge is -2.14. The van der Waals surface area contributed by atoms with Gasteiger partial charge in [0.15, 0.2) is 0 Å². The molecule has 84 valence electrons. The second kappa shape index (κ2) is 5.63. The van der Waals surface area contributed by atoms with Crippen LogP contribution in [0.5, 0.6) is 0 Å². The summed E-state index contributed by atoms with van der Waals surface area (Å²) in [5.41, 5.74) is 11.1. The zero-order valence-corrected chi connectivity index (χ0v) is 11.0. The van der Waals surface area contributed by atoms with Crippen molar-refractivity contribution < 1.29 is 4.79 Å². The maximum atomic E-state index is 10.7. The van der Waals surface area contributed by atoms with E-state index in [-0.39, 0.29) is 17.9 Å². The van der Waals surface area contributed by atoms with Crippen molar-refractivity contribution in [3.05, 3.63) is 20.8 Å². The number of primary amides is 1. The van der Waals surface area contributed by atoms with Crippen LogP contribution in [-0.4, -0.2) is 5.91 Å². The van der Waals surface area contributed by atoms with Crippen LogP contribution >= 0.6 is 27.3 Å². The van der Waals surface area contributed by atoms with E-state index in [9.17, 15) is 4.79 Å². The van der Waals surface area contributed by atoms with Crippen molar-refractivity contribution >= 4 is 33.2 Å². The van der Waals surface area contributed by atoms with Gasteiger partial charge in [-0.2, -0.15) is 0 Å². The molecule has 0 spiro atoms. The molecule has 1 rings (SSSR count). The minimum Gasteiger partial charge on any atom is -0.370 e. The molecule has 1 heterocycles. The maximum absolute atomic E-state index is 10.7. The molecule has 1 amide bonds. The minimum absolute atomic E-state index is 0.00403. The maximum Gasteiger partial charge on any atom is 0.217 e. The number of rotatable bonds is 5. The fourth-order valence-electron chi connectivity index (χ4n) is 1.50. The van der Waals surface area contributed by atoms with E-state index in [0.29, 0.717) is 6.42 Å². The Kier molecular flexibility index (Phi) is 4.76. The Hall–Kier alpha value is -0.390. The third-order valence-electron chi connectivity index (χ3n) is 2.17. The lowest BCUT2D eigenvalue weighted by atomic mass is 9.98. The van der Waals surface area contributed by atoms with E-state index in [4.69, 9.17) is 11.5 Å². The van der Waals surface area contributed by atoms with E-state index in [1.54, 1.807) is 11.3 Å². The monoisotopic (exact) mass is 290 g/mol. The highest BCUT2D eigenvalue weighted by Gasteiger charge is 2.14. The van der Waals surface area contributed by atoms with Crippen LogP contribution in [0.1, 0.15) is 30.7 Å². The average Bonchev–Trinajstić information content (AvgIpc) is 2.49. The molecule has 2 atom stereocenters. The molecule has 3 nitrogen and oxygen atoms in total. The first-order chi connectivity index (χ1) is 6.99. The Morgan fingerprint density at radius 1 is 1.60 bits per heavy atom. The first-order valence-corrected chi connectivity index (χ1v) is 6.39. The number of carbonyl (C=O) groups is 1. The summed E-state index contributed by atoms with van der Waals surface area (Å²) in [6.07, 6.45) is 1.19. The van der Waals surface area contributed by atoms with Crippen LogP contribution < -0.4 is 11.5 Å². The molecule has 0 aliphatic heterocycles. The topological polar surface area (TPSA) is 69.1 Å². The average molecular weight is 291 g/mol. The van der Waals surface area contributed by atoms with Crippen molar-refractivity contribution in [3.8, 4) is 0 Å². The lowest BCUT2D eigenvalue weighted by Crippen LogP contribution is -2.19. The van der Waals surface area contributed by atoms with E-state index in [1.807, 2.05) is 19.1 Å². The van der Waals surface area contributed by atoms with Gasteiger partial charge in [-0.15, -0.1) is 11.3 Å². The van der Waals surface area contributed by atoms with Gasteiger partial charge >= 0.3 is 0 Å². The largest absolute Gasteiger partial charge is 0.370 e. The molecule has 5 heteroatoms. The second-order valence-electron chi connectivity index (χ2n) is 3.76. The first-order valence-electron chi connectivity index (χ1n) is 4.78. The van der Waals surface area contributed by atoms with Crippen LogP contribution in [-0.2, 0) is 4.79 Å². The van der Waals surface area contributed by atoms with Crippen LogP contribution in [0.2, 0.25) is 0 Å². The molecular weight excluding hydrogens is 276 g/mol. The van der Waals surface area contributed by atoms with Gasteiger partial charge in [-0.3, -0.25) is 4.79 Å². The van der Waals surface area contributed by atoms with Gasteiger partial charge in [0.25, 0.3) is 0 Å². The van der Waals surface area contributed by atoms with Crippen molar-refractivity contribution in [3.63, 3.8) is 0 Å². The number of carbonyl (C=O) groups excluding carboxylic acids is 1. The fourth-order valence-corrected chi connectivity index (χ4v) is 2.94. The molecule has 2 unspecified atom stereocenters. The number of amides is 1. The molecule has 0 aliphatic rings. The van der Waals surface area contributed by atoms with Gasteiger partial charge in [-0.25, -0.2) is 0 Å². The third kappa shape index (κ3) is 4.32. The molecule has 1 aromatic heterocycles. The molecule has 0 fully saturated rings. The number of halogens is 1. The van der Waals surface area contributed by atoms with E-state index in [0.717, 1.165) is 15.1 Å². The normalized spacial score (nSPS) is 14.9. The number of nitrogens with two attached hydrogens (primary N) is 2. The van der Waals surface area contributed by atoms with Gasteiger partial charge in [0, 0.05) is 17.3 Å².